The molecule has 4 rings (SSSR count). The third-order valence-corrected chi connectivity index (χ3v) is 5.06. The Kier molecular flexibility index (Phi) is 4.52. The van der Waals surface area contributed by atoms with E-state index in [9.17, 15) is 4.79 Å². The summed E-state index contributed by atoms with van der Waals surface area (Å²) in [6, 6.07) is 19.1. The molecule has 0 saturated carbocycles. The molecule has 0 N–H and O–H groups in total. The molecule has 4 aromatic rings. The van der Waals surface area contributed by atoms with Crippen LogP contribution in [0.3, 0.4) is 0 Å². The average molecular weight is 370 g/mol. The van der Waals surface area contributed by atoms with Gasteiger partial charge < -0.3 is 9.15 Å². The van der Waals surface area contributed by atoms with E-state index in [1.165, 1.54) is 16.7 Å². The number of rotatable bonds is 4. The van der Waals surface area contributed by atoms with Crippen LogP contribution in [0.15, 0.2) is 65.1 Å². The molecule has 0 spiro atoms. The maximum Gasteiger partial charge on any atom is 0.193 e. The van der Waals surface area contributed by atoms with Crippen LogP contribution in [0.1, 0.15) is 32.6 Å². The van der Waals surface area contributed by atoms with Crippen LogP contribution in [-0.4, -0.2) is 12.9 Å². The first-order chi connectivity index (χ1) is 13.5. The molecule has 0 radical (unpaired) electrons. The number of ketones is 1. The van der Waals surface area contributed by atoms with E-state index in [0.29, 0.717) is 16.7 Å². The zero-order valence-electron chi connectivity index (χ0n) is 16.5. The van der Waals surface area contributed by atoms with Crippen molar-refractivity contribution in [2.75, 3.05) is 7.11 Å². The number of carbonyl (C=O) groups excluding carboxylic acids is 1. The minimum absolute atomic E-state index is 0.0369. The fourth-order valence-corrected chi connectivity index (χ4v) is 3.77. The normalized spacial score (nSPS) is 11.0. The van der Waals surface area contributed by atoms with Crippen LogP contribution in [-0.2, 0) is 0 Å². The van der Waals surface area contributed by atoms with E-state index < -0.39 is 0 Å². The van der Waals surface area contributed by atoms with Gasteiger partial charge in [0.15, 0.2) is 5.78 Å². The smallest absolute Gasteiger partial charge is 0.193 e. The van der Waals surface area contributed by atoms with Crippen molar-refractivity contribution in [2.45, 2.75) is 20.8 Å². The molecular formula is C25H22O3. The first kappa shape index (κ1) is 18.1. The average Bonchev–Trinajstić information content (AvgIpc) is 3.09. The maximum absolute atomic E-state index is 12.8. The molecule has 0 aliphatic carbocycles. The Morgan fingerprint density at radius 1 is 0.821 bits per heavy atom. The fourth-order valence-electron chi connectivity index (χ4n) is 3.77. The van der Waals surface area contributed by atoms with Gasteiger partial charge in [-0.25, -0.2) is 0 Å². The van der Waals surface area contributed by atoms with E-state index in [4.69, 9.17) is 9.15 Å². The molecule has 1 heterocycles. The molecule has 0 bridgehead atoms. The Bertz CT molecular complexity index is 1160. The molecule has 0 amide bonds. The molecule has 0 saturated heterocycles. The molecule has 0 aliphatic heterocycles. The summed E-state index contributed by atoms with van der Waals surface area (Å²) < 4.78 is 11.3. The number of benzene rings is 3. The number of furan rings is 1. The van der Waals surface area contributed by atoms with E-state index in [-0.39, 0.29) is 5.78 Å². The second kappa shape index (κ2) is 7.01. The van der Waals surface area contributed by atoms with Gasteiger partial charge in [0.05, 0.1) is 7.11 Å². The summed E-state index contributed by atoms with van der Waals surface area (Å²) in [5.74, 6) is 1.52. The summed E-state index contributed by atoms with van der Waals surface area (Å²) >= 11 is 0. The molecule has 3 heteroatoms. The first-order valence-corrected chi connectivity index (χ1v) is 9.27. The monoisotopic (exact) mass is 370 g/mol. The Morgan fingerprint density at radius 2 is 1.46 bits per heavy atom. The fraction of sp³-hybridized carbons (Fsp3) is 0.160. The first-order valence-electron chi connectivity index (χ1n) is 9.27. The third kappa shape index (κ3) is 3.20. The summed E-state index contributed by atoms with van der Waals surface area (Å²) in [6.45, 7) is 6.29. The molecule has 3 aromatic carbocycles. The number of hydrogen-bond acceptors (Lipinski definition) is 3. The summed E-state index contributed by atoms with van der Waals surface area (Å²) in [6.07, 6.45) is 0. The second-order valence-electron chi connectivity index (χ2n) is 7.19. The van der Waals surface area contributed by atoms with Crippen molar-refractivity contribution in [3.63, 3.8) is 0 Å². The summed E-state index contributed by atoms with van der Waals surface area (Å²) in [5, 5.41) is 0.987. The van der Waals surface area contributed by atoms with Crippen LogP contribution in [0.5, 0.6) is 5.75 Å². The van der Waals surface area contributed by atoms with Gasteiger partial charge in [0.2, 0.25) is 0 Å². The zero-order valence-corrected chi connectivity index (χ0v) is 16.5. The van der Waals surface area contributed by atoms with E-state index in [1.807, 2.05) is 24.3 Å². The highest BCUT2D eigenvalue weighted by molar-refractivity contribution is 6.10. The van der Waals surface area contributed by atoms with Gasteiger partial charge in [-0.3, -0.25) is 4.79 Å². The molecule has 1 aromatic heterocycles. The van der Waals surface area contributed by atoms with Crippen LogP contribution in [0, 0.1) is 20.8 Å². The minimum atomic E-state index is -0.0369. The van der Waals surface area contributed by atoms with Gasteiger partial charge in [-0.1, -0.05) is 29.8 Å². The number of methoxy groups -OCH3 is 1. The van der Waals surface area contributed by atoms with Crippen molar-refractivity contribution in [1.82, 2.24) is 0 Å². The maximum atomic E-state index is 12.8. The molecule has 28 heavy (non-hydrogen) atoms. The van der Waals surface area contributed by atoms with Gasteiger partial charge in [-0.15, -0.1) is 0 Å². The minimum Gasteiger partial charge on any atom is -0.497 e. The number of carbonyl (C=O) groups is 1. The lowest BCUT2D eigenvalue weighted by molar-refractivity contribution is 0.103. The van der Waals surface area contributed by atoms with Crippen LogP contribution < -0.4 is 4.74 Å². The van der Waals surface area contributed by atoms with Crippen LogP contribution in [0.25, 0.3) is 22.3 Å². The third-order valence-electron chi connectivity index (χ3n) is 5.06. The summed E-state index contributed by atoms with van der Waals surface area (Å²) in [5.41, 5.74) is 6.67. The Morgan fingerprint density at radius 3 is 2.11 bits per heavy atom. The molecule has 0 aliphatic rings. The predicted molar refractivity (Wildman–Crippen MR) is 112 cm³/mol. The molecule has 0 fully saturated rings. The Balaban J connectivity index is 1.73. The standard InChI is InChI=1S/C25H22O3/c1-15-11-16(2)24(17(3)12-15)23-13-19-5-6-20(14-22(19)28-23)25(26)18-7-9-21(27-4)10-8-18/h5-14H,1-4H3. The zero-order chi connectivity index (χ0) is 19.8. The lowest BCUT2D eigenvalue weighted by Crippen LogP contribution is -2.00. The topological polar surface area (TPSA) is 39.4 Å². The lowest BCUT2D eigenvalue weighted by Gasteiger charge is -2.08. The van der Waals surface area contributed by atoms with Gasteiger partial charge in [0.1, 0.15) is 17.1 Å². The molecular weight excluding hydrogens is 348 g/mol. The summed E-state index contributed by atoms with van der Waals surface area (Å²) in [4.78, 5) is 12.8. The van der Waals surface area contributed by atoms with Crippen LogP contribution in [0.2, 0.25) is 0 Å². The van der Waals surface area contributed by atoms with Crippen molar-refractivity contribution in [2.24, 2.45) is 0 Å². The highest BCUT2D eigenvalue weighted by atomic mass is 16.5. The van der Waals surface area contributed by atoms with Crippen molar-refractivity contribution >= 4 is 16.8 Å². The number of hydrogen-bond donors (Lipinski definition) is 0. The highest BCUT2D eigenvalue weighted by Crippen LogP contribution is 2.33. The number of fused-ring (bicyclic) bond motifs is 1. The van der Waals surface area contributed by atoms with Crippen molar-refractivity contribution in [3.8, 4) is 17.1 Å². The van der Waals surface area contributed by atoms with Gasteiger partial charge in [-0.2, -0.15) is 0 Å². The number of aryl methyl sites for hydroxylation is 3. The lowest BCUT2D eigenvalue weighted by atomic mass is 9.98. The SMILES string of the molecule is COc1ccc(C(=O)c2ccc3cc(-c4c(C)cc(C)cc4C)oc3c2)cc1. The second-order valence-corrected chi connectivity index (χ2v) is 7.19. The van der Waals surface area contributed by atoms with Crippen LogP contribution >= 0.6 is 0 Å². The molecule has 140 valence electrons. The van der Waals surface area contributed by atoms with E-state index in [2.05, 4.69) is 32.9 Å². The van der Waals surface area contributed by atoms with Gasteiger partial charge in [0, 0.05) is 22.1 Å². The van der Waals surface area contributed by atoms with E-state index in [0.717, 1.165) is 22.5 Å². The van der Waals surface area contributed by atoms with E-state index in [1.54, 1.807) is 31.4 Å². The predicted octanol–water partition coefficient (Wildman–Crippen LogP) is 6.26. The van der Waals surface area contributed by atoms with Gasteiger partial charge in [-0.05, 0) is 68.3 Å². The quantitative estimate of drug-likeness (QED) is 0.398. The van der Waals surface area contributed by atoms with Gasteiger partial charge in [0.25, 0.3) is 0 Å². The van der Waals surface area contributed by atoms with Crippen molar-refractivity contribution in [1.29, 1.82) is 0 Å². The largest absolute Gasteiger partial charge is 0.497 e. The Hall–Kier alpha value is -3.33. The van der Waals surface area contributed by atoms with Crippen molar-refractivity contribution < 1.29 is 13.9 Å². The van der Waals surface area contributed by atoms with Crippen molar-refractivity contribution in [3.05, 3.63) is 88.5 Å². The molecule has 3 nitrogen and oxygen atoms in total. The van der Waals surface area contributed by atoms with E-state index >= 15 is 0 Å². The highest BCUT2D eigenvalue weighted by Gasteiger charge is 2.15. The summed E-state index contributed by atoms with van der Waals surface area (Å²) in [7, 11) is 1.61. The van der Waals surface area contributed by atoms with Gasteiger partial charge >= 0.3 is 0 Å². The van der Waals surface area contributed by atoms with Crippen LogP contribution in [0.4, 0.5) is 0 Å². The molecule has 0 atom stereocenters. The number of ether oxygens (including phenoxy) is 1. The Labute approximate surface area is 164 Å². The molecule has 0 unspecified atom stereocenters.